The molecule has 0 heterocycles. The van der Waals surface area contributed by atoms with Crippen molar-refractivity contribution in [2.75, 3.05) is 7.11 Å². The zero-order chi connectivity index (χ0) is 12.0. The molecule has 0 saturated carbocycles. The molecule has 0 fully saturated rings. The third-order valence-corrected chi connectivity index (χ3v) is 2.46. The van der Waals surface area contributed by atoms with Crippen molar-refractivity contribution in [2.24, 2.45) is 5.73 Å². The summed E-state index contributed by atoms with van der Waals surface area (Å²) in [6.07, 6.45) is 2.49. The lowest BCUT2D eigenvalue weighted by atomic mass is 9.88. The van der Waals surface area contributed by atoms with Gasteiger partial charge in [-0.3, -0.25) is 4.79 Å². The van der Waals surface area contributed by atoms with Crippen LogP contribution in [0.1, 0.15) is 12.0 Å². The molecule has 86 valence electrons. The second-order valence-electron chi connectivity index (χ2n) is 3.80. The van der Waals surface area contributed by atoms with Crippen LogP contribution in [0.4, 0.5) is 0 Å². The highest BCUT2D eigenvalue weighted by atomic mass is 16.5. The zero-order valence-corrected chi connectivity index (χ0v) is 9.48. The topological polar surface area (TPSA) is 52.3 Å². The van der Waals surface area contributed by atoms with E-state index in [0.29, 0.717) is 12.8 Å². The predicted molar refractivity (Wildman–Crippen MR) is 63.9 cm³/mol. The Morgan fingerprint density at radius 2 is 2.12 bits per heavy atom. The summed E-state index contributed by atoms with van der Waals surface area (Å²) in [5.74, 6) is -0.406. The second kappa shape index (κ2) is 5.47. The quantitative estimate of drug-likeness (QED) is 0.605. The van der Waals surface area contributed by atoms with Gasteiger partial charge in [0.25, 0.3) is 0 Å². The molecule has 0 aliphatic carbocycles. The minimum absolute atomic E-state index is 0.397. The average molecular weight is 219 g/mol. The van der Waals surface area contributed by atoms with Crippen molar-refractivity contribution in [1.82, 2.24) is 0 Å². The molecule has 0 amide bonds. The summed E-state index contributed by atoms with van der Waals surface area (Å²) >= 11 is 0. The van der Waals surface area contributed by atoms with Crippen LogP contribution in [0.5, 0.6) is 0 Å². The number of methoxy groups -OCH3 is 1. The fourth-order valence-electron chi connectivity index (χ4n) is 1.65. The van der Waals surface area contributed by atoms with Crippen LogP contribution in [-0.2, 0) is 16.0 Å². The number of nitrogens with two attached hydrogens (primary N) is 1. The summed E-state index contributed by atoms with van der Waals surface area (Å²) < 4.78 is 4.73. The van der Waals surface area contributed by atoms with Gasteiger partial charge in [0.05, 0.1) is 7.11 Å². The van der Waals surface area contributed by atoms with Crippen molar-refractivity contribution in [1.29, 1.82) is 0 Å². The number of carbonyl (C=O) groups is 1. The van der Waals surface area contributed by atoms with Gasteiger partial charge in [0.2, 0.25) is 0 Å². The zero-order valence-electron chi connectivity index (χ0n) is 9.48. The fourth-order valence-corrected chi connectivity index (χ4v) is 1.65. The Morgan fingerprint density at radius 1 is 1.50 bits per heavy atom. The third-order valence-electron chi connectivity index (χ3n) is 2.46. The van der Waals surface area contributed by atoms with Crippen LogP contribution in [0.3, 0.4) is 0 Å². The molecule has 3 nitrogen and oxygen atoms in total. The Morgan fingerprint density at radius 3 is 2.62 bits per heavy atom. The Bertz CT molecular complexity index is 361. The molecule has 1 rings (SSSR count). The lowest BCUT2D eigenvalue weighted by Gasteiger charge is -2.25. The van der Waals surface area contributed by atoms with Crippen LogP contribution in [0.2, 0.25) is 0 Å². The van der Waals surface area contributed by atoms with Gasteiger partial charge in [-0.1, -0.05) is 36.4 Å². The standard InChI is InChI=1S/C13H17NO2/c1-3-9-13(14,12(15)16-2)10-11-7-5-4-6-8-11/h3-8H,1,9-10,14H2,2H3/t13-/m0/s1. The molecular formula is C13H17NO2. The fraction of sp³-hybridized carbons (Fsp3) is 0.308. The molecule has 1 atom stereocenters. The molecule has 0 saturated heterocycles. The van der Waals surface area contributed by atoms with E-state index in [4.69, 9.17) is 10.5 Å². The van der Waals surface area contributed by atoms with Gasteiger partial charge in [-0.15, -0.1) is 6.58 Å². The Hall–Kier alpha value is -1.61. The van der Waals surface area contributed by atoms with Gasteiger partial charge in [-0.05, 0) is 12.0 Å². The summed E-state index contributed by atoms with van der Waals surface area (Å²) in [4.78, 5) is 11.6. The third kappa shape index (κ3) is 2.94. The van der Waals surface area contributed by atoms with Crippen molar-refractivity contribution in [3.8, 4) is 0 Å². The van der Waals surface area contributed by atoms with E-state index in [-0.39, 0.29) is 0 Å². The predicted octanol–water partition coefficient (Wildman–Crippen LogP) is 1.68. The molecular weight excluding hydrogens is 202 g/mol. The molecule has 0 aliphatic heterocycles. The van der Waals surface area contributed by atoms with Crippen LogP contribution in [0, 0.1) is 0 Å². The highest BCUT2D eigenvalue weighted by Gasteiger charge is 2.33. The summed E-state index contributed by atoms with van der Waals surface area (Å²) in [5.41, 5.74) is 6.04. The van der Waals surface area contributed by atoms with Crippen molar-refractivity contribution in [3.05, 3.63) is 48.6 Å². The molecule has 3 heteroatoms. The number of hydrogen-bond donors (Lipinski definition) is 1. The van der Waals surface area contributed by atoms with Crippen LogP contribution in [-0.4, -0.2) is 18.6 Å². The van der Waals surface area contributed by atoms with Gasteiger partial charge in [0.15, 0.2) is 0 Å². The highest BCUT2D eigenvalue weighted by molar-refractivity contribution is 5.81. The van der Waals surface area contributed by atoms with E-state index in [0.717, 1.165) is 5.56 Å². The average Bonchev–Trinajstić information content (AvgIpc) is 2.29. The van der Waals surface area contributed by atoms with E-state index < -0.39 is 11.5 Å². The summed E-state index contributed by atoms with van der Waals surface area (Å²) in [6, 6.07) is 9.64. The maximum absolute atomic E-state index is 11.6. The number of hydrogen-bond acceptors (Lipinski definition) is 3. The molecule has 0 unspecified atom stereocenters. The first-order valence-corrected chi connectivity index (χ1v) is 5.14. The Labute approximate surface area is 95.9 Å². The molecule has 0 aromatic heterocycles. The first-order valence-electron chi connectivity index (χ1n) is 5.14. The first-order chi connectivity index (χ1) is 7.62. The highest BCUT2D eigenvalue weighted by Crippen LogP contribution is 2.17. The number of carbonyl (C=O) groups excluding carboxylic acids is 1. The van der Waals surface area contributed by atoms with Gasteiger partial charge in [0.1, 0.15) is 5.54 Å². The van der Waals surface area contributed by atoms with Gasteiger partial charge in [-0.2, -0.15) is 0 Å². The van der Waals surface area contributed by atoms with E-state index in [9.17, 15) is 4.79 Å². The lowest BCUT2D eigenvalue weighted by Crippen LogP contribution is -2.50. The SMILES string of the molecule is C=CC[C@](N)(Cc1ccccc1)C(=O)OC. The first kappa shape index (κ1) is 12.5. The van der Waals surface area contributed by atoms with Crippen molar-refractivity contribution >= 4 is 5.97 Å². The molecule has 0 spiro atoms. The van der Waals surface area contributed by atoms with Crippen LogP contribution >= 0.6 is 0 Å². The number of rotatable bonds is 5. The van der Waals surface area contributed by atoms with Crippen LogP contribution in [0.15, 0.2) is 43.0 Å². The van der Waals surface area contributed by atoms with Crippen molar-refractivity contribution in [2.45, 2.75) is 18.4 Å². The van der Waals surface area contributed by atoms with Gasteiger partial charge in [0, 0.05) is 6.42 Å². The summed E-state index contributed by atoms with van der Waals surface area (Å²) in [6.45, 7) is 3.62. The maximum atomic E-state index is 11.6. The molecule has 16 heavy (non-hydrogen) atoms. The molecule has 1 aromatic carbocycles. The monoisotopic (exact) mass is 219 g/mol. The molecule has 0 aliphatic rings. The molecule has 0 radical (unpaired) electrons. The second-order valence-corrected chi connectivity index (χ2v) is 3.80. The van der Waals surface area contributed by atoms with Gasteiger partial charge < -0.3 is 10.5 Å². The van der Waals surface area contributed by atoms with Crippen molar-refractivity contribution in [3.63, 3.8) is 0 Å². The molecule has 0 bridgehead atoms. The van der Waals surface area contributed by atoms with E-state index in [1.807, 2.05) is 30.3 Å². The van der Waals surface area contributed by atoms with Gasteiger partial charge in [-0.25, -0.2) is 0 Å². The van der Waals surface area contributed by atoms with Crippen molar-refractivity contribution < 1.29 is 9.53 Å². The Balaban J connectivity index is 2.87. The van der Waals surface area contributed by atoms with E-state index in [2.05, 4.69) is 6.58 Å². The number of ether oxygens (including phenoxy) is 1. The summed E-state index contributed by atoms with van der Waals surface area (Å²) in [5, 5.41) is 0. The lowest BCUT2D eigenvalue weighted by molar-refractivity contribution is -0.146. The minimum atomic E-state index is -1.02. The molecule has 1 aromatic rings. The molecule has 2 N–H and O–H groups in total. The van der Waals surface area contributed by atoms with Crippen LogP contribution < -0.4 is 5.73 Å². The van der Waals surface area contributed by atoms with E-state index in [1.165, 1.54) is 7.11 Å². The maximum Gasteiger partial charge on any atom is 0.326 e. The Kier molecular flexibility index (Phi) is 4.26. The number of esters is 1. The largest absolute Gasteiger partial charge is 0.468 e. The van der Waals surface area contributed by atoms with E-state index >= 15 is 0 Å². The smallest absolute Gasteiger partial charge is 0.326 e. The number of benzene rings is 1. The normalized spacial score (nSPS) is 13.9. The minimum Gasteiger partial charge on any atom is -0.468 e. The van der Waals surface area contributed by atoms with Crippen LogP contribution in [0.25, 0.3) is 0 Å². The van der Waals surface area contributed by atoms with E-state index in [1.54, 1.807) is 6.08 Å². The summed E-state index contributed by atoms with van der Waals surface area (Å²) in [7, 11) is 1.35. The van der Waals surface area contributed by atoms with Gasteiger partial charge >= 0.3 is 5.97 Å².